The van der Waals surface area contributed by atoms with Crippen LogP contribution in [0.15, 0.2) is 133 Å². The lowest BCUT2D eigenvalue weighted by atomic mass is 9.90. The third-order valence-corrected chi connectivity index (χ3v) is 7.69. The Bertz CT molecular complexity index is 2060. The van der Waals surface area contributed by atoms with Gasteiger partial charge in [-0.25, -0.2) is 9.97 Å². The fourth-order valence-corrected chi connectivity index (χ4v) is 5.77. The van der Waals surface area contributed by atoms with Crippen LogP contribution in [0.3, 0.4) is 0 Å². The maximum absolute atomic E-state index is 6.28. The van der Waals surface area contributed by atoms with Gasteiger partial charge in [0.2, 0.25) is 0 Å². The second-order valence-electron chi connectivity index (χ2n) is 10.3. The summed E-state index contributed by atoms with van der Waals surface area (Å²) in [6.45, 7) is 0. The molecule has 8 rings (SSSR count). The van der Waals surface area contributed by atoms with Crippen LogP contribution in [0, 0.1) is 0 Å². The smallest absolute Gasteiger partial charge is 0.160 e. The standard InChI is InChI=1S/C37H24N2O/c1-2-9-26(10-3-1)36-32-13-4-5-15-35(32)38-37(39-36)28-17-16-27-20-24-8-6-12-29(21-24)40-30-19-18-25-11-7-14-31(33(27)22-28)34(25)23-30/h1-19,21-23H,20H2. The number of aromatic nitrogens is 2. The van der Waals surface area contributed by atoms with E-state index in [9.17, 15) is 0 Å². The molecule has 6 aromatic carbocycles. The molecule has 7 aromatic rings. The molecule has 0 radical (unpaired) electrons. The summed E-state index contributed by atoms with van der Waals surface area (Å²) in [6, 6.07) is 46.5. The average molecular weight is 513 g/mol. The molecule has 0 fully saturated rings. The molecule has 40 heavy (non-hydrogen) atoms. The summed E-state index contributed by atoms with van der Waals surface area (Å²) in [7, 11) is 0. The van der Waals surface area contributed by atoms with Gasteiger partial charge in [-0.2, -0.15) is 0 Å². The van der Waals surface area contributed by atoms with Gasteiger partial charge in [0.05, 0.1) is 11.2 Å². The largest absolute Gasteiger partial charge is 0.457 e. The number of fused-ring (bicyclic) bond motifs is 6. The van der Waals surface area contributed by atoms with Gasteiger partial charge >= 0.3 is 0 Å². The van der Waals surface area contributed by atoms with E-state index < -0.39 is 0 Å². The van der Waals surface area contributed by atoms with E-state index in [0.717, 1.165) is 56.9 Å². The Morgan fingerprint density at radius 2 is 1.38 bits per heavy atom. The highest BCUT2D eigenvalue weighted by Crippen LogP contribution is 2.39. The molecular formula is C37H24N2O. The van der Waals surface area contributed by atoms with E-state index in [-0.39, 0.29) is 0 Å². The molecule has 1 aromatic heterocycles. The minimum Gasteiger partial charge on any atom is -0.457 e. The van der Waals surface area contributed by atoms with Crippen LogP contribution < -0.4 is 4.74 Å². The Morgan fingerprint density at radius 3 is 2.33 bits per heavy atom. The van der Waals surface area contributed by atoms with E-state index in [1.54, 1.807) is 0 Å². The second-order valence-corrected chi connectivity index (χ2v) is 10.3. The number of nitrogens with zero attached hydrogens (tertiary/aromatic N) is 2. The Hall–Kier alpha value is -5.28. The highest BCUT2D eigenvalue weighted by atomic mass is 16.5. The predicted octanol–water partition coefficient (Wildman–Crippen LogP) is 9.48. The van der Waals surface area contributed by atoms with Crippen molar-refractivity contribution in [3.63, 3.8) is 0 Å². The molecule has 4 bridgehead atoms. The van der Waals surface area contributed by atoms with Crippen molar-refractivity contribution in [2.24, 2.45) is 0 Å². The number of hydrogen-bond donors (Lipinski definition) is 0. The summed E-state index contributed by atoms with van der Waals surface area (Å²) in [6.07, 6.45) is 0.799. The van der Waals surface area contributed by atoms with Crippen molar-refractivity contribution >= 4 is 21.7 Å². The average Bonchev–Trinajstić information content (AvgIpc) is 3.02. The van der Waals surface area contributed by atoms with Crippen LogP contribution in [0.4, 0.5) is 0 Å². The van der Waals surface area contributed by atoms with Crippen LogP contribution in [-0.2, 0) is 6.42 Å². The van der Waals surface area contributed by atoms with Gasteiger partial charge in [0.1, 0.15) is 11.5 Å². The zero-order valence-corrected chi connectivity index (χ0v) is 21.7. The molecule has 0 saturated heterocycles. The lowest BCUT2D eigenvalue weighted by Crippen LogP contribution is -1.98. The molecule has 0 unspecified atom stereocenters. The molecule has 0 N–H and O–H groups in total. The fraction of sp³-hybridized carbons (Fsp3) is 0.0270. The first-order chi connectivity index (χ1) is 19.8. The summed E-state index contributed by atoms with van der Waals surface area (Å²) in [5.74, 6) is 2.41. The van der Waals surface area contributed by atoms with Gasteiger partial charge in [0, 0.05) is 16.5 Å². The van der Waals surface area contributed by atoms with Crippen molar-refractivity contribution < 1.29 is 4.74 Å². The Labute approximate surface area is 232 Å². The minimum atomic E-state index is 0.723. The molecule has 2 heterocycles. The van der Waals surface area contributed by atoms with Gasteiger partial charge in [-0.1, -0.05) is 97.1 Å². The van der Waals surface area contributed by atoms with E-state index in [4.69, 9.17) is 14.7 Å². The second kappa shape index (κ2) is 9.18. The van der Waals surface area contributed by atoms with Gasteiger partial charge in [-0.05, 0) is 75.8 Å². The lowest BCUT2D eigenvalue weighted by molar-refractivity contribution is 0.483. The Kier molecular flexibility index (Phi) is 5.20. The quantitative estimate of drug-likeness (QED) is 0.231. The van der Waals surface area contributed by atoms with Crippen molar-refractivity contribution in [2.45, 2.75) is 6.42 Å². The van der Waals surface area contributed by atoms with Crippen LogP contribution in [0.2, 0.25) is 0 Å². The van der Waals surface area contributed by atoms with Gasteiger partial charge in [-0.3, -0.25) is 0 Å². The van der Waals surface area contributed by atoms with Gasteiger partial charge < -0.3 is 4.74 Å². The van der Waals surface area contributed by atoms with Crippen LogP contribution in [-0.4, -0.2) is 9.97 Å². The summed E-state index contributed by atoms with van der Waals surface area (Å²) in [5, 5.41) is 3.40. The predicted molar refractivity (Wildman–Crippen MR) is 163 cm³/mol. The van der Waals surface area contributed by atoms with Crippen LogP contribution >= 0.6 is 0 Å². The Morgan fingerprint density at radius 1 is 0.525 bits per heavy atom. The summed E-state index contributed by atoms with van der Waals surface area (Å²) < 4.78 is 6.28. The van der Waals surface area contributed by atoms with Crippen LogP contribution in [0.25, 0.3) is 55.4 Å². The molecule has 188 valence electrons. The van der Waals surface area contributed by atoms with Crippen molar-refractivity contribution in [1.29, 1.82) is 0 Å². The molecule has 0 atom stereocenters. The normalized spacial score (nSPS) is 12.1. The SMILES string of the molecule is c1ccc(-c2nc(-c3ccc4c(c3)-c3cccc5ccc(cc35)Oc3cccc(c3)C4)nc3ccccc23)cc1. The maximum atomic E-state index is 6.28. The van der Waals surface area contributed by atoms with E-state index in [1.165, 1.54) is 27.6 Å². The number of rotatable bonds is 2. The number of ether oxygens (including phenoxy) is 1. The lowest BCUT2D eigenvalue weighted by Gasteiger charge is -2.15. The molecule has 1 aliphatic rings. The first kappa shape index (κ1) is 22.7. The first-order valence-electron chi connectivity index (χ1n) is 13.5. The molecule has 0 aliphatic carbocycles. The van der Waals surface area contributed by atoms with Crippen molar-refractivity contribution in [3.8, 4) is 45.3 Å². The highest BCUT2D eigenvalue weighted by molar-refractivity contribution is 5.99. The van der Waals surface area contributed by atoms with Crippen LogP contribution in [0.1, 0.15) is 11.1 Å². The van der Waals surface area contributed by atoms with E-state index >= 15 is 0 Å². The molecule has 3 nitrogen and oxygen atoms in total. The molecule has 0 spiro atoms. The van der Waals surface area contributed by atoms with Gasteiger partial charge in [0.25, 0.3) is 0 Å². The Balaban J connectivity index is 1.38. The summed E-state index contributed by atoms with van der Waals surface area (Å²) in [5.41, 5.74) is 8.79. The van der Waals surface area contributed by atoms with Crippen LogP contribution in [0.5, 0.6) is 11.5 Å². The molecule has 0 amide bonds. The van der Waals surface area contributed by atoms with Crippen molar-refractivity contribution in [3.05, 3.63) is 145 Å². The molecular weight excluding hydrogens is 488 g/mol. The molecule has 3 heteroatoms. The number of para-hydroxylation sites is 1. The van der Waals surface area contributed by atoms with E-state index in [0.29, 0.717) is 0 Å². The van der Waals surface area contributed by atoms with Crippen molar-refractivity contribution in [2.75, 3.05) is 0 Å². The zero-order valence-electron chi connectivity index (χ0n) is 21.7. The number of benzene rings is 6. The van der Waals surface area contributed by atoms with E-state index in [2.05, 4.69) is 103 Å². The molecule has 0 saturated carbocycles. The van der Waals surface area contributed by atoms with Crippen molar-refractivity contribution in [1.82, 2.24) is 9.97 Å². The number of hydrogen-bond acceptors (Lipinski definition) is 3. The first-order valence-corrected chi connectivity index (χ1v) is 13.5. The van der Waals surface area contributed by atoms with E-state index in [1.807, 2.05) is 30.3 Å². The molecule has 1 aliphatic heterocycles. The third kappa shape index (κ3) is 3.91. The zero-order chi connectivity index (χ0) is 26.5. The summed E-state index contributed by atoms with van der Waals surface area (Å²) in [4.78, 5) is 10.2. The highest BCUT2D eigenvalue weighted by Gasteiger charge is 2.17. The minimum absolute atomic E-state index is 0.723. The summed E-state index contributed by atoms with van der Waals surface area (Å²) >= 11 is 0. The van der Waals surface area contributed by atoms with Gasteiger partial charge in [-0.15, -0.1) is 0 Å². The third-order valence-electron chi connectivity index (χ3n) is 7.69. The van der Waals surface area contributed by atoms with Gasteiger partial charge in [0.15, 0.2) is 5.82 Å². The topological polar surface area (TPSA) is 35.0 Å². The monoisotopic (exact) mass is 512 g/mol. The fourth-order valence-electron chi connectivity index (χ4n) is 5.77. The maximum Gasteiger partial charge on any atom is 0.160 e.